The Morgan fingerprint density at radius 3 is 2.59 bits per heavy atom. The van der Waals surface area contributed by atoms with Gasteiger partial charge in [0, 0.05) is 48.2 Å². The van der Waals surface area contributed by atoms with E-state index in [1.54, 1.807) is 18.2 Å². The first-order valence-corrected chi connectivity index (χ1v) is 13.7. The Bertz CT molecular complexity index is 1340. The van der Waals surface area contributed by atoms with Gasteiger partial charge < -0.3 is 4.74 Å². The molecule has 0 saturated carbocycles. The Morgan fingerprint density at radius 1 is 1.11 bits per heavy atom. The van der Waals surface area contributed by atoms with Crippen LogP contribution in [0.25, 0.3) is 0 Å². The number of hydrogen-bond donors (Lipinski definition) is 1. The molecule has 2 aliphatic heterocycles. The number of rotatable bonds is 6. The summed E-state index contributed by atoms with van der Waals surface area (Å²) in [6.45, 7) is 0.589. The molecule has 14 heteroatoms. The molecule has 2 aromatic carbocycles. The predicted molar refractivity (Wildman–Crippen MR) is 126 cm³/mol. The van der Waals surface area contributed by atoms with Crippen molar-refractivity contribution in [3.8, 4) is 5.75 Å². The third-order valence-electron chi connectivity index (χ3n) is 6.44. The van der Waals surface area contributed by atoms with Crippen molar-refractivity contribution in [2.75, 3.05) is 17.9 Å². The molecule has 0 amide bonds. The number of nitrogens with one attached hydrogen (secondary N) is 1. The molecule has 2 aliphatic rings. The Morgan fingerprint density at radius 2 is 1.89 bits per heavy atom. The zero-order valence-corrected chi connectivity index (χ0v) is 20.8. The Kier molecular flexibility index (Phi) is 7.09. The topological polar surface area (TPSA) is 93.7 Å². The molecule has 1 N–H and O–H groups in total. The monoisotopic (exact) mass is 558 g/mol. The van der Waals surface area contributed by atoms with Crippen LogP contribution in [-0.4, -0.2) is 48.3 Å². The number of anilines is 1. The van der Waals surface area contributed by atoms with Crippen molar-refractivity contribution >= 4 is 26.7 Å². The van der Waals surface area contributed by atoms with Gasteiger partial charge in [0.15, 0.2) is 0 Å². The number of sulfonamides is 1. The van der Waals surface area contributed by atoms with Crippen molar-refractivity contribution < 1.29 is 35.5 Å². The van der Waals surface area contributed by atoms with E-state index >= 15 is 0 Å². The van der Waals surface area contributed by atoms with Crippen molar-refractivity contribution in [1.29, 1.82) is 0 Å². The molecule has 37 heavy (non-hydrogen) atoms. The van der Waals surface area contributed by atoms with Crippen LogP contribution in [0.1, 0.15) is 42.5 Å². The molecule has 3 aromatic rings. The second-order valence-corrected chi connectivity index (χ2v) is 11.2. The quantitative estimate of drug-likeness (QED) is 0.424. The van der Waals surface area contributed by atoms with E-state index in [2.05, 4.69) is 23.7 Å². The summed E-state index contributed by atoms with van der Waals surface area (Å²) >= 11 is 0.901. The summed E-state index contributed by atoms with van der Waals surface area (Å²) in [6.07, 6.45) is -3.79. The molecule has 0 bridgehead atoms. The van der Waals surface area contributed by atoms with Gasteiger partial charge in [0.1, 0.15) is 17.9 Å². The third-order valence-corrected chi connectivity index (χ3v) is 8.48. The molecular weight excluding hydrogens is 536 g/mol. The van der Waals surface area contributed by atoms with Crippen LogP contribution >= 0.6 is 11.5 Å². The Balaban J connectivity index is 1.44. The van der Waals surface area contributed by atoms with Crippen molar-refractivity contribution in [2.45, 2.75) is 48.7 Å². The van der Waals surface area contributed by atoms with Gasteiger partial charge in [-0.25, -0.2) is 17.8 Å². The highest BCUT2D eigenvalue weighted by Crippen LogP contribution is 2.45. The van der Waals surface area contributed by atoms with Crippen LogP contribution in [0.15, 0.2) is 53.7 Å². The standard InChI is InChI=1S/C23H22F4N4O4S2/c24-15-3-1-14(2-4-15)20-11-16(35-23(25,26)27)7-9-31(20)19-8-10-34-21-12-17(5-6-18(19)21)37(32,33)30-22-28-13-29-36-22/h1-6,12-13,16,19-20H,7-11H2,(H,28,29,30)/t16-,19-,20+/m1/s1. The number of benzene rings is 2. The first-order chi connectivity index (χ1) is 17.6. The van der Waals surface area contributed by atoms with E-state index in [9.17, 15) is 26.0 Å². The number of halogens is 4. The minimum Gasteiger partial charge on any atom is -0.493 e. The zero-order chi connectivity index (χ0) is 26.2. The van der Waals surface area contributed by atoms with Crippen molar-refractivity contribution in [3.05, 3.63) is 65.7 Å². The van der Waals surface area contributed by atoms with Gasteiger partial charge in [0.25, 0.3) is 10.0 Å². The lowest BCUT2D eigenvalue weighted by Gasteiger charge is -2.45. The number of hydrogen-bond acceptors (Lipinski definition) is 8. The number of likely N-dealkylation sites (tertiary alicyclic amines) is 1. The van der Waals surface area contributed by atoms with Crippen molar-refractivity contribution in [1.82, 2.24) is 14.3 Å². The molecule has 3 atom stereocenters. The van der Waals surface area contributed by atoms with E-state index in [-0.39, 0.29) is 28.9 Å². The van der Waals surface area contributed by atoms with Crippen LogP contribution in [-0.2, 0) is 14.8 Å². The van der Waals surface area contributed by atoms with E-state index in [1.165, 1.54) is 30.6 Å². The van der Waals surface area contributed by atoms with Gasteiger partial charge in [0.05, 0.1) is 17.6 Å². The molecule has 5 rings (SSSR count). The minimum atomic E-state index is -4.75. The summed E-state index contributed by atoms with van der Waals surface area (Å²) in [5.74, 6) is -0.0654. The zero-order valence-electron chi connectivity index (χ0n) is 19.2. The van der Waals surface area contributed by atoms with E-state index in [0.717, 1.165) is 17.1 Å². The first-order valence-electron chi connectivity index (χ1n) is 11.4. The molecule has 1 fully saturated rings. The molecule has 198 valence electrons. The van der Waals surface area contributed by atoms with E-state index in [1.807, 2.05) is 0 Å². The lowest BCUT2D eigenvalue weighted by molar-refractivity contribution is -0.347. The molecular formula is C23H22F4N4O4S2. The van der Waals surface area contributed by atoms with Crippen LogP contribution in [0.2, 0.25) is 0 Å². The highest BCUT2D eigenvalue weighted by atomic mass is 32.2. The Hall–Kier alpha value is -2.81. The number of aromatic nitrogens is 2. The van der Waals surface area contributed by atoms with E-state index in [4.69, 9.17) is 4.74 Å². The van der Waals surface area contributed by atoms with Gasteiger partial charge in [-0.05, 0) is 36.6 Å². The number of nitrogens with zero attached hydrogens (tertiary/aromatic N) is 3. The molecule has 0 aliphatic carbocycles. The summed E-state index contributed by atoms with van der Waals surface area (Å²) < 4.78 is 94.4. The molecule has 1 saturated heterocycles. The average molecular weight is 559 g/mol. The SMILES string of the molecule is O=S(=O)(Nc1ncns1)c1ccc2c(c1)OCC[C@H]2N1CC[C@@H](OC(F)(F)F)C[C@H]1c1ccc(F)cc1. The summed E-state index contributed by atoms with van der Waals surface area (Å²) in [7, 11) is -3.94. The van der Waals surface area contributed by atoms with Crippen molar-refractivity contribution in [2.24, 2.45) is 0 Å². The highest BCUT2D eigenvalue weighted by Gasteiger charge is 2.41. The van der Waals surface area contributed by atoms with Crippen molar-refractivity contribution in [3.63, 3.8) is 0 Å². The van der Waals surface area contributed by atoms with Crippen LogP contribution in [0.4, 0.5) is 22.7 Å². The van der Waals surface area contributed by atoms with E-state index < -0.39 is 34.3 Å². The minimum absolute atomic E-state index is 0.0190. The summed E-state index contributed by atoms with van der Waals surface area (Å²) in [6, 6.07) is 9.51. The normalized spacial score (nSPS) is 22.8. The number of piperidine rings is 1. The predicted octanol–water partition coefficient (Wildman–Crippen LogP) is 5.04. The van der Waals surface area contributed by atoms with Gasteiger partial charge in [0.2, 0.25) is 5.13 Å². The summed E-state index contributed by atoms with van der Waals surface area (Å²) in [5, 5.41) is 0.127. The smallest absolute Gasteiger partial charge is 0.493 e. The summed E-state index contributed by atoms with van der Waals surface area (Å²) in [4.78, 5) is 5.88. The van der Waals surface area contributed by atoms with Crippen LogP contribution in [0.5, 0.6) is 5.75 Å². The maximum absolute atomic E-state index is 13.6. The van der Waals surface area contributed by atoms with Gasteiger partial charge in [-0.2, -0.15) is 4.37 Å². The Labute approximate surface area is 214 Å². The third kappa shape index (κ3) is 5.87. The second kappa shape index (κ2) is 10.2. The second-order valence-electron chi connectivity index (χ2n) is 8.72. The first kappa shape index (κ1) is 25.8. The molecule has 1 aromatic heterocycles. The fraction of sp³-hybridized carbons (Fsp3) is 0.391. The fourth-order valence-electron chi connectivity index (χ4n) is 4.89. The highest BCUT2D eigenvalue weighted by molar-refractivity contribution is 7.93. The van der Waals surface area contributed by atoms with Crippen LogP contribution in [0.3, 0.4) is 0 Å². The lowest BCUT2D eigenvalue weighted by atomic mass is 9.88. The molecule has 8 nitrogen and oxygen atoms in total. The van der Waals surface area contributed by atoms with Gasteiger partial charge in [-0.1, -0.05) is 18.2 Å². The largest absolute Gasteiger partial charge is 0.522 e. The molecule has 3 heterocycles. The van der Waals surface area contributed by atoms with E-state index in [0.29, 0.717) is 30.9 Å². The van der Waals surface area contributed by atoms with Gasteiger partial charge >= 0.3 is 6.36 Å². The number of fused-ring (bicyclic) bond motifs is 1. The lowest BCUT2D eigenvalue weighted by Crippen LogP contribution is -2.44. The fourth-order valence-corrected chi connectivity index (χ4v) is 6.56. The maximum Gasteiger partial charge on any atom is 0.522 e. The number of alkyl halides is 3. The average Bonchev–Trinajstić information content (AvgIpc) is 3.35. The molecule has 0 spiro atoms. The van der Waals surface area contributed by atoms with Gasteiger partial charge in [-0.3, -0.25) is 14.4 Å². The van der Waals surface area contributed by atoms with Crippen LogP contribution in [0, 0.1) is 5.82 Å². The number of ether oxygens (including phenoxy) is 2. The molecule has 0 radical (unpaired) electrons. The van der Waals surface area contributed by atoms with Gasteiger partial charge in [-0.15, -0.1) is 13.2 Å². The maximum atomic E-state index is 13.6. The summed E-state index contributed by atoms with van der Waals surface area (Å²) in [5.41, 5.74) is 1.40. The van der Waals surface area contributed by atoms with Crippen LogP contribution < -0.4 is 9.46 Å². The molecule has 0 unspecified atom stereocenters.